The molecule has 1 aromatic rings. The van der Waals surface area contributed by atoms with Gasteiger partial charge in [-0.25, -0.2) is 0 Å². The fourth-order valence-electron chi connectivity index (χ4n) is 0.962. The van der Waals surface area contributed by atoms with Crippen molar-refractivity contribution in [2.45, 2.75) is 0 Å². The van der Waals surface area contributed by atoms with Gasteiger partial charge in [-0.15, -0.1) is 0 Å². The molecule has 1 rings (SSSR count). The van der Waals surface area contributed by atoms with Gasteiger partial charge in [0.2, 0.25) is 0 Å². The van der Waals surface area contributed by atoms with E-state index in [1.165, 1.54) is 4.90 Å². The summed E-state index contributed by atoms with van der Waals surface area (Å²) in [6, 6.07) is 9.07. The van der Waals surface area contributed by atoms with Gasteiger partial charge >= 0.3 is 0 Å². The number of thiocarbonyl (C=S) groups is 1. The van der Waals surface area contributed by atoms with Gasteiger partial charge in [-0.1, -0.05) is 18.2 Å². The molecule has 1 aromatic carbocycles. The van der Waals surface area contributed by atoms with Crippen LogP contribution >= 0.6 is 12.2 Å². The molecule has 0 aromatic heterocycles. The lowest BCUT2D eigenvalue weighted by molar-refractivity contribution is 1.30. The van der Waals surface area contributed by atoms with E-state index in [4.69, 9.17) is 29.1 Å². The number of benzene rings is 1. The molecule has 0 bridgehead atoms. The first-order valence-electron chi connectivity index (χ1n) is 3.61. The summed E-state index contributed by atoms with van der Waals surface area (Å²) in [6.45, 7) is 0. The zero-order valence-electron chi connectivity index (χ0n) is 6.90. The van der Waals surface area contributed by atoms with Crippen molar-refractivity contribution >= 4 is 29.0 Å². The Kier molecular flexibility index (Phi) is 2.81. The zero-order valence-corrected chi connectivity index (χ0v) is 7.71. The average molecular weight is 194 g/mol. The first kappa shape index (κ1) is 9.47. The molecule has 5 heteroatoms. The van der Waals surface area contributed by atoms with Crippen molar-refractivity contribution < 1.29 is 0 Å². The lowest BCUT2D eigenvalue weighted by Gasteiger charge is -2.19. The molecule has 0 aliphatic rings. The second kappa shape index (κ2) is 3.86. The van der Waals surface area contributed by atoms with Crippen LogP contribution in [-0.4, -0.2) is 11.1 Å². The number of nitrogens with one attached hydrogen (secondary N) is 1. The van der Waals surface area contributed by atoms with Gasteiger partial charge in [0.05, 0.1) is 5.69 Å². The molecule has 0 atom stereocenters. The summed E-state index contributed by atoms with van der Waals surface area (Å²) in [7, 11) is 0. The van der Waals surface area contributed by atoms with Crippen LogP contribution in [0.25, 0.3) is 0 Å². The summed E-state index contributed by atoms with van der Waals surface area (Å²) in [4.78, 5) is 1.29. The minimum absolute atomic E-state index is 0.0682. The molecule has 5 N–H and O–H groups in total. The molecule has 0 spiro atoms. The van der Waals surface area contributed by atoms with Crippen LogP contribution in [0.2, 0.25) is 0 Å². The second-order valence-electron chi connectivity index (χ2n) is 2.39. The number of hydrogen-bond acceptors (Lipinski definition) is 2. The molecular weight excluding hydrogens is 184 g/mol. The van der Waals surface area contributed by atoms with Crippen LogP contribution in [0.15, 0.2) is 30.3 Å². The SMILES string of the molecule is N=C(N)N(C(N)=S)c1ccccc1. The zero-order chi connectivity index (χ0) is 9.84. The summed E-state index contributed by atoms with van der Waals surface area (Å²) < 4.78 is 0. The van der Waals surface area contributed by atoms with Crippen molar-refractivity contribution in [3.8, 4) is 0 Å². The molecule has 0 aliphatic carbocycles. The maximum atomic E-state index is 7.26. The molecule has 0 saturated carbocycles. The molecule has 4 nitrogen and oxygen atoms in total. The standard InChI is InChI=1S/C8H10N4S/c9-7(10)12(8(11)13)6-4-2-1-3-5-6/h1-5H,(H3,9,10)(H2,11,13). The molecule has 0 amide bonds. The molecule has 0 heterocycles. The van der Waals surface area contributed by atoms with Gasteiger partial charge in [-0.3, -0.25) is 10.3 Å². The van der Waals surface area contributed by atoms with Crippen LogP contribution < -0.4 is 16.4 Å². The smallest absolute Gasteiger partial charge is 0.199 e. The van der Waals surface area contributed by atoms with E-state index < -0.39 is 0 Å². The molecular formula is C8H10N4S. The Morgan fingerprint density at radius 3 is 2.15 bits per heavy atom. The van der Waals surface area contributed by atoms with Crippen molar-refractivity contribution in [3.05, 3.63) is 30.3 Å². The maximum absolute atomic E-state index is 7.26. The molecule has 0 aliphatic heterocycles. The highest BCUT2D eigenvalue weighted by molar-refractivity contribution is 7.80. The number of nitrogens with zero attached hydrogens (tertiary/aromatic N) is 1. The van der Waals surface area contributed by atoms with E-state index in [9.17, 15) is 0 Å². The summed E-state index contributed by atoms with van der Waals surface area (Å²) in [5.74, 6) is -0.182. The van der Waals surface area contributed by atoms with Crippen molar-refractivity contribution in [2.75, 3.05) is 4.90 Å². The Morgan fingerprint density at radius 2 is 1.77 bits per heavy atom. The third kappa shape index (κ3) is 2.16. The quantitative estimate of drug-likeness (QED) is 0.348. The minimum Gasteiger partial charge on any atom is -0.376 e. The van der Waals surface area contributed by atoms with Crippen molar-refractivity contribution in [3.63, 3.8) is 0 Å². The van der Waals surface area contributed by atoms with Gasteiger partial charge in [0, 0.05) is 0 Å². The van der Waals surface area contributed by atoms with Crippen molar-refractivity contribution in [1.29, 1.82) is 5.41 Å². The fourth-order valence-corrected chi connectivity index (χ4v) is 1.17. The summed E-state index contributed by atoms with van der Waals surface area (Å²) >= 11 is 4.76. The van der Waals surface area contributed by atoms with E-state index in [1.54, 1.807) is 12.1 Å². The highest BCUT2D eigenvalue weighted by Gasteiger charge is 2.10. The van der Waals surface area contributed by atoms with E-state index >= 15 is 0 Å². The van der Waals surface area contributed by atoms with Gasteiger partial charge in [0.1, 0.15) is 0 Å². The molecule has 0 saturated heterocycles. The normalized spacial score (nSPS) is 9.23. The van der Waals surface area contributed by atoms with E-state index in [1.807, 2.05) is 18.2 Å². The monoisotopic (exact) mass is 194 g/mol. The maximum Gasteiger partial charge on any atom is 0.199 e. The molecule has 0 unspecified atom stereocenters. The van der Waals surface area contributed by atoms with Gasteiger partial charge in [-0.2, -0.15) is 0 Å². The lowest BCUT2D eigenvalue weighted by atomic mass is 10.3. The van der Waals surface area contributed by atoms with Crippen LogP contribution in [0.4, 0.5) is 5.69 Å². The average Bonchev–Trinajstić information content (AvgIpc) is 2.04. The van der Waals surface area contributed by atoms with E-state index in [2.05, 4.69) is 0 Å². The number of anilines is 1. The van der Waals surface area contributed by atoms with Crippen molar-refractivity contribution in [2.24, 2.45) is 11.5 Å². The van der Waals surface area contributed by atoms with Crippen LogP contribution in [0.1, 0.15) is 0 Å². The fraction of sp³-hybridized carbons (Fsp3) is 0. The van der Waals surface area contributed by atoms with E-state index in [0.29, 0.717) is 5.69 Å². The van der Waals surface area contributed by atoms with Gasteiger partial charge < -0.3 is 11.5 Å². The Balaban J connectivity index is 3.03. The van der Waals surface area contributed by atoms with Crippen LogP contribution in [0, 0.1) is 5.41 Å². The highest BCUT2D eigenvalue weighted by Crippen LogP contribution is 2.11. The topological polar surface area (TPSA) is 79.1 Å². The first-order chi connectivity index (χ1) is 6.13. The number of rotatable bonds is 1. The van der Waals surface area contributed by atoms with Crippen LogP contribution in [0.5, 0.6) is 0 Å². The Labute approximate surface area is 81.6 Å². The first-order valence-corrected chi connectivity index (χ1v) is 4.02. The Bertz CT molecular complexity index is 308. The molecule has 0 radical (unpaired) electrons. The predicted molar refractivity (Wildman–Crippen MR) is 57.6 cm³/mol. The van der Waals surface area contributed by atoms with Gasteiger partial charge in [0.25, 0.3) is 0 Å². The predicted octanol–water partition coefficient (Wildman–Crippen LogP) is 0.630. The van der Waals surface area contributed by atoms with Crippen LogP contribution in [0.3, 0.4) is 0 Å². The molecule has 0 fully saturated rings. The lowest BCUT2D eigenvalue weighted by Crippen LogP contribution is -2.44. The van der Waals surface area contributed by atoms with E-state index in [0.717, 1.165) is 0 Å². The third-order valence-electron chi connectivity index (χ3n) is 1.48. The summed E-state index contributed by atoms with van der Waals surface area (Å²) in [6.07, 6.45) is 0. The highest BCUT2D eigenvalue weighted by atomic mass is 32.1. The van der Waals surface area contributed by atoms with Crippen molar-refractivity contribution in [1.82, 2.24) is 0 Å². The second-order valence-corrected chi connectivity index (χ2v) is 2.81. The minimum atomic E-state index is -0.182. The summed E-state index contributed by atoms with van der Waals surface area (Å²) in [5, 5.41) is 7.32. The number of nitrogens with two attached hydrogens (primary N) is 2. The third-order valence-corrected chi connectivity index (χ3v) is 1.66. The molecule has 13 heavy (non-hydrogen) atoms. The summed E-state index contributed by atoms with van der Waals surface area (Å²) in [5.41, 5.74) is 11.4. The largest absolute Gasteiger partial charge is 0.376 e. The van der Waals surface area contributed by atoms with Gasteiger partial charge in [0.15, 0.2) is 11.1 Å². The Hall–Kier alpha value is -1.62. The number of para-hydroxylation sites is 1. The van der Waals surface area contributed by atoms with Crippen LogP contribution in [-0.2, 0) is 0 Å². The van der Waals surface area contributed by atoms with E-state index in [-0.39, 0.29) is 11.1 Å². The molecule has 68 valence electrons. The Morgan fingerprint density at radius 1 is 1.23 bits per heavy atom. The number of guanidine groups is 1. The number of hydrogen-bond donors (Lipinski definition) is 3. The van der Waals surface area contributed by atoms with Gasteiger partial charge in [-0.05, 0) is 24.4 Å².